The Hall–Kier alpha value is -3.14. The number of hydrogen-bond donors (Lipinski definition) is 2. The largest absolute Gasteiger partial charge is 0.379 e. The Kier molecular flexibility index (Phi) is 7.23. The van der Waals surface area contributed by atoms with Gasteiger partial charge in [0.25, 0.3) is 0 Å². The lowest BCUT2D eigenvalue weighted by atomic mass is 10.0. The summed E-state index contributed by atoms with van der Waals surface area (Å²) in [7, 11) is 2.06. The van der Waals surface area contributed by atoms with Gasteiger partial charge in [-0.05, 0) is 43.7 Å². The molecule has 0 atom stereocenters. The van der Waals surface area contributed by atoms with Crippen molar-refractivity contribution in [2.24, 2.45) is 7.05 Å². The minimum Gasteiger partial charge on any atom is -0.379 e. The highest BCUT2D eigenvalue weighted by atomic mass is 35.5. The quantitative estimate of drug-likeness (QED) is 0.368. The summed E-state index contributed by atoms with van der Waals surface area (Å²) >= 11 is 6.59. The Morgan fingerprint density at radius 1 is 1.00 bits per heavy atom. The molecule has 0 unspecified atom stereocenters. The molecule has 0 bridgehead atoms. The number of imidazole rings is 2. The van der Waals surface area contributed by atoms with Gasteiger partial charge in [-0.3, -0.25) is 4.90 Å². The second-order valence-electron chi connectivity index (χ2n) is 10.4. The van der Waals surface area contributed by atoms with E-state index in [2.05, 4.69) is 77.8 Å². The van der Waals surface area contributed by atoms with Gasteiger partial charge in [0.1, 0.15) is 17.2 Å². The number of hydrogen-bond acceptors (Lipinski definition) is 7. The van der Waals surface area contributed by atoms with Crippen molar-refractivity contribution in [3.05, 3.63) is 53.7 Å². The van der Waals surface area contributed by atoms with Crippen LogP contribution in [0.5, 0.6) is 0 Å². The Labute approximate surface area is 228 Å². The van der Waals surface area contributed by atoms with Crippen molar-refractivity contribution < 1.29 is 0 Å². The molecule has 5 heterocycles. The van der Waals surface area contributed by atoms with Crippen LogP contribution in [0, 0.1) is 0 Å². The summed E-state index contributed by atoms with van der Waals surface area (Å²) in [6, 6.07) is 9.06. The van der Waals surface area contributed by atoms with Gasteiger partial charge in [0, 0.05) is 76.0 Å². The molecule has 38 heavy (non-hydrogen) atoms. The van der Waals surface area contributed by atoms with E-state index < -0.39 is 0 Å². The van der Waals surface area contributed by atoms with Crippen molar-refractivity contribution in [3.63, 3.8) is 0 Å². The zero-order valence-corrected chi connectivity index (χ0v) is 23.0. The fourth-order valence-corrected chi connectivity index (χ4v) is 5.74. The van der Waals surface area contributed by atoms with Crippen LogP contribution in [0.25, 0.3) is 22.6 Å². The number of piperazine rings is 1. The van der Waals surface area contributed by atoms with Gasteiger partial charge in [0.2, 0.25) is 0 Å². The molecule has 1 aromatic carbocycles. The van der Waals surface area contributed by atoms with Gasteiger partial charge in [-0.25, -0.2) is 15.0 Å². The highest BCUT2D eigenvalue weighted by Gasteiger charge is 2.22. The van der Waals surface area contributed by atoms with Gasteiger partial charge in [-0.2, -0.15) is 0 Å². The Morgan fingerprint density at radius 3 is 2.45 bits per heavy atom. The number of piperidine rings is 1. The maximum atomic E-state index is 6.59. The van der Waals surface area contributed by atoms with Crippen LogP contribution in [0.1, 0.15) is 25.6 Å². The highest BCUT2D eigenvalue weighted by molar-refractivity contribution is 6.34. The van der Waals surface area contributed by atoms with Crippen molar-refractivity contribution in [1.29, 1.82) is 0 Å². The van der Waals surface area contributed by atoms with Crippen molar-refractivity contribution in [3.8, 4) is 11.4 Å². The summed E-state index contributed by atoms with van der Waals surface area (Å²) in [5.74, 6) is 1.93. The third kappa shape index (κ3) is 5.23. The third-order valence-corrected chi connectivity index (χ3v) is 8.30. The van der Waals surface area contributed by atoms with Gasteiger partial charge in [-0.1, -0.05) is 18.5 Å². The van der Waals surface area contributed by atoms with Crippen LogP contribution in [0.15, 0.2) is 42.9 Å². The van der Waals surface area contributed by atoms with Crippen LogP contribution in [0.2, 0.25) is 5.02 Å². The molecule has 0 spiro atoms. The Bertz CT molecular complexity index is 1360. The number of rotatable bonds is 7. The molecule has 200 valence electrons. The molecule has 2 N–H and O–H groups in total. The van der Waals surface area contributed by atoms with Crippen LogP contribution >= 0.6 is 11.6 Å². The molecule has 2 aliphatic rings. The molecule has 6 rings (SSSR count). The molecule has 2 saturated heterocycles. The second-order valence-corrected chi connectivity index (χ2v) is 10.8. The fraction of sp³-hybridized carbons (Fsp3) is 0.464. The first-order chi connectivity index (χ1) is 18.6. The van der Waals surface area contributed by atoms with E-state index in [0.29, 0.717) is 11.1 Å². The Morgan fingerprint density at radius 2 is 1.76 bits per heavy atom. The number of nitrogens with one attached hydrogen (secondary N) is 2. The van der Waals surface area contributed by atoms with Gasteiger partial charge in [-0.15, -0.1) is 0 Å². The summed E-state index contributed by atoms with van der Waals surface area (Å²) in [5.41, 5.74) is 4.72. The van der Waals surface area contributed by atoms with E-state index in [1.54, 1.807) is 6.20 Å². The molecule has 0 aliphatic carbocycles. The van der Waals surface area contributed by atoms with E-state index in [-0.39, 0.29) is 0 Å². The molecule has 9 nitrogen and oxygen atoms in total. The number of aromatic nitrogens is 5. The average Bonchev–Trinajstić information content (AvgIpc) is 3.57. The first-order valence-corrected chi connectivity index (χ1v) is 14.0. The number of fused-ring (bicyclic) bond motifs is 1. The first-order valence-electron chi connectivity index (χ1n) is 13.6. The molecular weight excluding hydrogens is 498 g/mol. The first kappa shape index (κ1) is 25.2. The van der Waals surface area contributed by atoms with Crippen molar-refractivity contribution >= 4 is 34.1 Å². The normalized spacial score (nSPS) is 17.9. The molecule has 0 amide bonds. The second kappa shape index (κ2) is 10.9. The van der Waals surface area contributed by atoms with Gasteiger partial charge in [0.15, 0.2) is 5.65 Å². The van der Waals surface area contributed by atoms with Gasteiger partial charge >= 0.3 is 0 Å². The lowest BCUT2D eigenvalue weighted by molar-refractivity contribution is 0.229. The zero-order chi connectivity index (χ0) is 26.1. The number of halogens is 1. The molecule has 10 heteroatoms. The number of aryl methyl sites for hydroxylation is 1. The van der Waals surface area contributed by atoms with E-state index in [0.717, 1.165) is 99.3 Å². The molecule has 2 fully saturated rings. The number of nitrogens with zero attached hydrogens (tertiary/aromatic N) is 7. The van der Waals surface area contributed by atoms with Gasteiger partial charge < -0.3 is 24.7 Å². The summed E-state index contributed by atoms with van der Waals surface area (Å²) in [6.07, 6.45) is 7.79. The summed E-state index contributed by atoms with van der Waals surface area (Å²) in [4.78, 5) is 24.7. The number of likely N-dealkylation sites (tertiary alicyclic amines) is 1. The van der Waals surface area contributed by atoms with Crippen molar-refractivity contribution in [2.45, 2.75) is 32.4 Å². The van der Waals surface area contributed by atoms with E-state index in [9.17, 15) is 0 Å². The van der Waals surface area contributed by atoms with Gasteiger partial charge in [0.05, 0.1) is 23.5 Å². The predicted molar refractivity (Wildman–Crippen MR) is 154 cm³/mol. The number of H-pyrrole nitrogens is 1. The fourth-order valence-electron chi connectivity index (χ4n) is 5.55. The van der Waals surface area contributed by atoms with Crippen LogP contribution in [-0.4, -0.2) is 86.2 Å². The van der Waals surface area contributed by atoms with E-state index in [1.807, 2.05) is 12.4 Å². The summed E-state index contributed by atoms with van der Waals surface area (Å²) in [5, 5.41) is 4.29. The minimum atomic E-state index is 0.393. The van der Waals surface area contributed by atoms with Crippen LogP contribution in [0.4, 0.5) is 11.4 Å². The molecule has 2 aliphatic heterocycles. The summed E-state index contributed by atoms with van der Waals surface area (Å²) in [6.45, 7) is 10.5. The number of anilines is 2. The predicted octanol–water partition coefficient (Wildman–Crippen LogP) is 4.23. The lowest BCUT2D eigenvalue weighted by Crippen LogP contribution is -2.46. The maximum Gasteiger partial charge on any atom is 0.159 e. The van der Waals surface area contributed by atoms with Crippen molar-refractivity contribution in [1.82, 2.24) is 34.3 Å². The molecule has 0 radical (unpaired) electrons. The van der Waals surface area contributed by atoms with Crippen LogP contribution in [0.3, 0.4) is 0 Å². The SMILES string of the molecule is CCN1CCC(Nc2c(Cl)cnc3[nH]c(-c4ccc(N5CCN(Cc6nccn6C)CC5)cc4)nc23)CC1. The van der Waals surface area contributed by atoms with Crippen LogP contribution < -0.4 is 10.2 Å². The van der Waals surface area contributed by atoms with E-state index in [1.165, 1.54) is 5.69 Å². The topological polar surface area (TPSA) is 81.1 Å². The molecule has 3 aromatic heterocycles. The number of aromatic amines is 1. The minimum absolute atomic E-state index is 0.393. The maximum absolute atomic E-state index is 6.59. The smallest absolute Gasteiger partial charge is 0.159 e. The number of pyridine rings is 1. The monoisotopic (exact) mass is 533 g/mol. The standard InChI is InChI=1S/C28H36ClN9/c1-3-36-11-8-21(9-12-36)32-25-23(29)18-31-28-26(25)33-27(34-28)20-4-6-22(7-5-20)38-16-14-37(15-17-38)19-24-30-10-13-35(24)2/h4-7,10,13,18,21H,3,8-9,11-12,14-17,19H2,1-2H3,(H2,31,32,33,34). The third-order valence-electron chi connectivity index (χ3n) is 8.01. The van der Waals surface area contributed by atoms with E-state index in [4.69, 9.17) is 16.6 Å². The average molecular weight is 534 g/mol. The Balaban J connectivity index is 1.13. The molecular formula is C28H36ClN9. The van der Waals surface area contributed by atoms with Crippen molar-refractivity contribution in [2.75, 3.05) is 56.0 Å². The molecule has 4 aromatic rings. The zero-order valence-electron chi connectivity index (χ0n) is 22.2. The summed E-state index contributed by atoms with van der Waals surface area (Å²) < 4.78 is 2.10. The molecule has 0 saturated carbocycles. The van der Waals surface area contributed by atoms with E-state index >= 15 is 0 Å². The van der Waals surface area contributed by atoms with Crippen LogP contribution in [-0.2, 0) is 13.6 Å². The highest BCUT2D eigenvalue weighted by Crippen LogP contribution is 2.32. The lowest BCUT2D eigenvalue weighted by Gasteiger charge is -2.36. The number of benzene rings is 1.